The van der Waals surface area contributed by atoms with Gasteiger partial charge in [-0.05, 0) is 30.5 Å². The van der Waals surface area contributed by atoms with Gasteiger partial charge in [0.15, 0.2) is 0 Å². The number of carbonyl (C=O) groups excluding carboxylic acids is 1. The minimum atomic E-state index is -0.205. The Kier molecular flexibility index (Phi) is 5.49. The summed E-state index contributed by atoms with van der Waals surface area (Å²) in [5.74, 6) is 1.73. The van der Waals surface area contributed by atoms with Crippen molar-refractivity contribution in [1.82, 2.24) is 29.6 Å². The van der Waals surface area contributed by atoms with Crippen LogP contribution >= 0.6 is 0 Å². The van der Waals surface area contributed by atoms with Crippen LogP contribution in [0.1, 0.15) is 30.1 Å². The Morgan fingerprint density at radius 3 is 2.72 bits per heavy atom. The van der Waals surface area contributed by atoms with Crippen molar-refractivity contribution in [1.29, 1.82) is 0 Å². The summed E-state index contributed by atoms with van der Waals surface area (Å²) in [4.78, 5) is 29.6. The van der Waals surface area contributed by atoms with Crippen LogP contribution in [0.2, 0.25) is 0 Å². The highest BCUT2D eigenvalue weighted by atomic mass is 16.2. The molecule has 162 valence electrons. The van der Waals surface area contributed by atoms with Crippen LogP contribution in [0, 0.1) is 0 Å². The monoisotopic (exact) mass is 428 g/mol. The number of nitrogens with zero attached hydrogens (tertiary/aromatic N) is 5. The molecule has 2 aromatic carbocycles. The smallest absolute Gasteiger partial charge is 0.261 e. The van der Waals surface area contributed by atoms with E-state index in [0.29, 0.717) is 10.9 Å². The molecule has 0 fully saturated rings. The molecule has 1 aliphatic rings. The zero-order valence-corrected chi connectivity index (χ0v) is 17.6. The van der Waals surface area contributed by atoms with Crippen LogP contribution in [0.4, 0.5) is 0 Å². The van der Waals surface area contributed by atoms with Crippen molar-refractivity contribution in [3.8, 4) is 0 Å². The maximum atomic E-state index is 12.7. The van der Waals surface area contributed by atoms with E-state index in [4.69, 9.17) is 0 Å². The molecular weight excluding hydrogens is 404 g/mol. The maximum absolute atomic E-state index is 12.7. The number of fused-ring (bicyclic) bond motifs is 2. The van der Waals surface area contributed by atoms with Gasteiger partial charge >= 0.3 is 0 Å². The lowest BCUT2D eigenvalue weighted by molar-refractivity contribution is -0.122. The van der Waals surface area contributed by atoms with Crippen molar-refractivity contribution in [3.63, 3.8) is 0 Å². The zero-order chi connectivity index (χ0) is 21.9. The van der Waals surface area contributed by atoms with Crippen molar-refractivity contribution in [3.05, 3.63) is 88.5 Å². The molecule has 32 heavy (non-hydrogen) atoms. The molecule has 3 heterocycles. The Labute approximate surface area is 184 Å². The summed E-state index contributed by atoms with van der Waals surface area (Å²) in [6.07, 6.45) is 4.52. The normalized spacial score (nSPS) is 15.8. The summed E-state index contributed by atoms with van der Waals surface area (Å²) < 4.78 is 3.54. The van der Waals surface area contributed by atoms with Crippen LogP contribution < -0.4 is 10.9 Å². The largest absolute Gasteiger partial charge is 0.352 e. The first-order chi connectivity index (χ1) is 15.7. The minimum Gasteiger partial charge on any atom is -0.352 e. The van der Waals surface area contributed by atoms with Crippen LogP contribution in [0.25, 0.3) is 10.9 Å². The second kappa shape index (κ2) is 8.74. The van der Waals surface area contributed by atoms with Crippen molar-refractivity contribution in [2.24, 2.45) is 0 Å². The molecule has 1 aliphatic heterocycles. The van der Waals surface area contributed by atoms with Crippen LogP contribution in [0.15, 0.2) is 65.7 Å². The SMILES string of the molecule is O=C(Cn1cnc2ccccc2c1=O)NC1CCc2nnc(Cc3ccccc3)n2CC1. The Morgan fingerprint density at radius 1 is 1.03 bits per heavy atom. The van der Waals surface area contributed by atoms with Crippen LogP contribution in [-0.4, -0.2) is 36.3 Å². The van der Waals surface area contributed by atoms with Crippen LogP contribution in [-0.2, 0) is 30.7 Å². The van der Waals surface area contributed by atoms with Gasteiger partial charge in [-0.1, -0.05) is 42.5 Å². The Hall–Kier alpha value is -3.81. The predicted octanol–water partition coefficient (Wildman–Crippen LogP) is 2.10. The lowest BCUT2D eigenvalue weighted by Crippen LogP contribution is -2.39. The van der Waals surface area contributed by atoms with Gasteiger partial charge in [0.2, 0.25) is 5.91 Å². The Morgan fingerprint density at radius 2 is 1.84 bits per heavy atom. The number of rotatable bonds is 5. The van der Waals surface area contributed by atoms with E-state index in [1.807, 2.05) is 24.3 Å². The van der Waals surface area contributed by atoms with Gasteiger partial charge in [-0.3, -0.25) is 14.2 Å². The molecule has 2 aromatic heterocycles. The van der Waals surface area contributed by atoms with E-state index in [1.54, 1.807) is 18.2 Å². The number of hydrogen-bond acceptors (Lipinski definition) is 5. The summed E-state index contributed by atoms with van der Waals surface area (Å²) in [5, 5.41) is 12.4. The third kappa shape index (κ3) is 4.16. The topological polar surface area (TPSA) is 94.7 Å². The lowest BCUT2D eigenvalue weighted by atomic mass is 10.1. The van der Waals surface area contributed by atoms with Crippen LogP contribution in [0.5, 0.6) is 0 Å². The van der Waals surface area contributed by atoms with Gasteiger partial charge < -0.3 is 9.88 Å². The highest BCUT2D eigenvalue weighted by molar-refractivity contribution is 5.79. The second-order valence-corrected chi connectivity index (χ2v) is 8.13. The molecule has 1 unspecified atom stereocenters. The fraction of sp³-hybridized carbons (Fsp3) is 0.292. The summed E-state index contributed by atoms with van der Waals surface area (Å²) in [6, 6.07) is 17.4. The van der Waals surface area contributed by atoms with Gasteiger partial charge in [0, 0.05) is 25.4 Å². The summed E-state index contributed by atoms with van der Waals surface area (Å²) in [5.41, 5.74) is 1.63. The molecule has 0 saturated carbocycles. The number of amides is 1. The number of hydrogen-bond donors (Lipinski definition) is 1. The molecule has 0 saturated heterocycles. The molecule has 1 atom stereocenters. The molecule has 5 rings (SSSR count). The zero-order valence-electron chi connectivity index (χ0n) is 17.6. The molecule has 4 aromatic rings. The average Bonchev–Trinajstić information content (AvgIpc) is 3.07. The standard InChI is InChI=1S/C24H24N6O2/c31-23(15-29-16-25-20-9-5-4-8-19(20)24(29)32)26-18-10-11-21-27-28-22(30(21)13-12-18)14-17-6-2-1-3-7-17/h1-9,16,18H,10-15H2,(H,26,31). The summed E-state index contributed by atoms with van der Waals surface area (Å²) in [6.45, 7) is 0.714. The quantitative estimate of drug-likeness (QED) is 0.525. The van der Waals surface area contributed by atoms with E-state index in [-0.39, 0.29) is 24.1 Å². The van der Waals surface area contributed by atoms with E-state index < -0.39 is 0 Å². The molecule has 1 amide bonds. The van der Waals surface area contributed by atoms with Gasteiger partial charge in [-0.25, -0.2) is 4.98 Å². The molecular formula is C24H24N6O2. The number of aryl methyl sites for hydroxylation is 1. The molecule has 8 heteroatoms. The first-order valence-electron chi connectivity index (χ1n) is 10.9. The summed E-state index contributed by atoms with van der Waals surface area (Å²) in [7, 11) is 0. The van der Waals surface area contributed by atoms with Gasteiger partial charge in [-0.15, -0.1) is 10.2 Å². The second-order valence-electron chi connectivity index (χ2n) is 8.13. The summed E-state index contributed by atoms with van der Waals surface area (Å²) >= 11 is 0. The van der Waals surface area contributed by atoms with E-state index in [2.05, 4.69) is 37.2 Å². The molecule has 1 N–H and O–H groups in total. The van der Waals surface area contributed by atoms with Gasteiger partial charge in [-0.2, -0.15) is 0 Å². The fourth-order valence-electron chi connectivity index (χ4n) is 4.25. The maximum Gasteiger partial charge on any atom is 0.261 e. The minimum absolute atomic E-state index is 0.0258. The highest BCUT2D eigenvalue weighted by Crippen LogP contribution is 2.17. The first kappa shape index (κ1) is 20.1. The van der Waals surface area contributed by atoms with Gasteiger partial charge in [0.25, 0.3) is 5.56 Å². The van der Waals surface area contributed by atoms with Gasteiger partial charge in [0.05, 0.1) is 17.2 Å². The Bertz CT molecular complexity index is 1310. The van der Waals surface area contributed by atoms with Gasteiger partial charge in [0.1, 0.15) is 18.2 Å². The number of para-hydroxylation sites is 1. The number of carbonyl (C=O) groups is 1. The van der Waals surface area contributed by atoms with Crippen molar-refractivity contribution >= 4 is 16.8 Å². The molecule has 0 bridgehead atoms. The van der Waals surface area contributed by atoms with Crippen LogP contribution in [0.3, 0.4) is 0 Å². The van der Waals surface area contributed by atoms with Crippen molar-refractivity contribution < 1.29 is 4.79 Å². The number of benzene rings is 2. The molecule has 0 radical (unpaired) electrons. The fourth-order valence-corrected chi connectivity index (χ4v) is 4.25. The van der Waals surface area contributed by atoms with Crippen molar-refractivity contribution in [2.75, 3.05) is 0 Å². The lowest BCUT2D eigenvalue weighted by Gasteiger charge is -2.17. The highest BCUT2D eigenvalue weighted by Gasteiger charge is 2.22. The van der Waals surface area contributed by atoms with E-state index in [0.717, 1.165) is 43.9 Å². The number of nitrogens with one attached hydrogen (secondary N) is 1. The Balaban J connectivity index is 1.23. The molecule has 0 spiro atoms. The predicted molar refractivity (Wildman–Crippen MR) is 120 cm³/mol. The number of aromatic nitrogens is 5. The first-order valence-corrected chi connectivity index (χ1v) is 10.9. The average molecular weight is 428 g/mol. The van der Waals surface area contributed by atoms with E-state index >= 15 is 0 Å². The molecule has 0 aliphatic carbocycles. The molecule has 8 nitrogen and oxygen atoms in total. The van der Waals surface area contributed by atoms with E-state index in [1.165, 1.54) is 16.5 Å². The van der Waals surface area contributed by atoms with Crippen molar-refractivity contribution in [2.45, 2.75) is 44.8 Å². The third-order valence-corrected chi connectivity index (χ3v) is 5.94. The third-order valence-electron chi connectivity index (χ3n) is 5.94. The van der Waals surface area contributed by atoms with E-state index in [9.17, 15) is 9.59 Å².